The molecule has 3 heterocycles. The molecule has 55 heavy (non-hydrogen) atoms. The fourth-order valence-corrected chi connectivity index (χ4v) is 8.73. The molecular formula is C50H33N3OS. The van der Waals surface area contributed by atoms with E-state index < -0.39 is 0 Å². The predicted molar refractivity (Wildman–Crippen MR) is 230 cm³/mol. The molecule has 0 amide bonds. The summed E-state index contributed by atoms with van der Waals surface area (Å²) in [5.41, 5.74) is 8.81. The van der Waals surface area contributed by atoms with Gasteiger partial charge in [0.2, 0.25) is 0 Å². The van der Waals surface area contributed by atoms with Gasteiger partial charge in [0.1, 0.15) is 11.0 Å². The highest BCUT2D eigenvalue weighted by molar-refractivity contribution is 7.26. The molecule has 4 nitrogen and oxygen atoms in total. The van der Waals surface area contributed by atoms with Crippen molar-refractivity contribution in [3.8, 4) is 45.0 Å². The molecule has 0 aliphatic carbocycles. The number of allylic oxidation sites excluding steroid dienone is 1. The Balaban J connectivity index is 1.21. The molecule has 0 fully saturated rings. The van der Waals surface area contributed by atoms with Crippen molar-refractivity contribution in [3.05, 3.63) is 187 Å². The van der Waals surface area contributed by atoms with Gasteiger partial charge in [-0.1, -0.05) is 134 Å². The van der Waals surface area contributed by atoms with Gasteiger partial charge in [-0.15, -0.1) is 11.3 Å². The Morgan fingerprint density at radius 2 is 1.25 bits per heavy atom. The van der Waals surface area contributed by atoms with Crippen LogP contribution in [0.4, 0.5) is 0 Å². The molecule has 5 heteroatoms. The van der Waals surface area contributed by atoms with Gasteiger partial charge in [0, 0.05) is 47.5 Å². The quantitative estimate of drug-likeness (QED) is 0.171. The molecule has 260 valence electrons. The maximum absolute atomic E-state index is 6.54. The van der Waals surface area contributed by atoms with E-state index in [2.05, 4.69) is 128 Å². The summed E-state index contributed by atoms with van der Waals surface area (Å²) in [6, 6.07) is 55.2. The van der Waals surface area contributed by atoms with Gasteiger partial charge < -0.3 is 4.42 Å². The molecule has 0 aliphatic rings. The van der Waals surface area contributed by atoms with Crippen LogP contribution < -0.4 is 10.6 Å². The number of benzene rings is 7. The second-order valence-electron chi connectivity index (χ2n) is 13.6. The maximum Gasteiger partial charge on any atom is 0.164 e. The zero-order chi connectivity index (χ0) is 36.9. The molecular weight excluding hydrogens is 691 g/mol. The van der Waals surface area contributed by atoms with Crippen molar-refractivity contribution in [1.29, 1.82) is 0 Å². The van der Waals surface area contributed by atoms with Gasteiger partial charge in [-0.3, -0.25) is 0 Å². The minimum absolute atomic E-state index is 0.530. The van der Waals surface area contributed by atoms with Crippen molar-refractivity contribution in [2.45, 2.75) is 6.92 Å². The van der Waals surface area contributed by atoms with Crippen LogP contribution in [0, 0.1) is 0 Å². The maximum atomic E-state index is 6.54. The molecule has 0 radical (unpaired) electrons. The molecule has 0 atom stereocenters. The topological polar surface area (TPSA) is 51.8 Å². The molecule has 7 aromatic carbocycles. The van der Waals surface area contributed by atoms with E-state index in [0.29, 0.717) is 17.5 Å². The van der Waals surface area contributed by atoms with Crippen molar-refractivity contribution in [2.24, 2.45) is 0 Å². The highest BCUT2D eigenvalue weighted by Crippen LogP contribution is 2.42. The van der Waals surface area contributed by atoms with E-state index in [1.54, 1.807) is 0 Å². The Kier molecular flexibility index (Phi) is 8.01. The summed E-state index contributed by atoms with van der Waals surface area (Å²) in [5, 5.41) is 6.66. The van der Waals surface area contributed by atoms with Crippen LogP contribution in [0.15, 0.2) is 175 Å². The van der Waals surface area contributed by atoms with Gasteiger partial charge in [0.15, 0.2) is 17.5 Å². The molecule has 10 aromatic rings. The average Bonchev–Trinajstić information content (AvgIpc) is 3.82. The van der Waals surface area contributed by atoms with E-state index in [-0.39, 0.29) is 0 Å². The van der Waals surface area contributed by atoms with Crippen molar-refractivity contribution in [3.63, 3.8) is 0 Å². The number of thiophene rings is 1. The molecule has 10 rings (SSSR count). The van der Waals surface area contributed by atoms with Crippen LogP contribution in [0.5, 0.6) is 0 Å². The van der Waals surface area contributed by atoms with E-state index in [4.69, 9.17) is 19.4 Å². The fraction of sp³-hybridized carbons (Fsp3) is 0.0200. The number of rotatable bonds is 6. The van der Waals surface area contributed by atoms with Gasteiger partial charge >= 0.3 is 0 Å². The molecule has 3 aromatic heterocycles. The van der Waals surface area contributed by atoms with Crippen molar-refractivity contribution in [1.82, 2.24) is 15.0 Å². The highest BCUT2D eigenvalue weighted by atomic mass is 32.1. The van der Waals surface area contributed by atoms with Crippen LogP contribution in [-0.2, 0) is 0 Å². The van der Waals surface area contributed by atoms with E-state index in [1.165, 1.54) is 36.9 Å². The largest absolute Gasteiger partial charge is 0.456 e. The molecule has 0 spiro atoms. The third-order valence-electron chi connectivity index (χ3n) is 10.3. The lowest BCUT2D eigenvalue weighted by Gasteiger charge is -2.10. The Morgan fingerprint density at radius 1 is 0.564 bits per heavy atom. The first-order valence-corrected chi connectivity index (χ1v) is 19.1. The van der Waals surface area contributed by atoms with Gasteiger partial charge in [0.05, 0.1) is 0 Å². The van der Waals surface area contributed by atoms with E-state index in [9.17, 15) is 0 Å². The summed E-state index contributed by atoms with van der Waals surface area (Å²) in [5.74, 6) is 1.72. The van der Waals surface area contributed by atoms with Crippen molar-refractivity contribution in [2.75, 3.05) is 0 Å². The number of hydrogen-bond donors (Lipinski definition) is 0. The first-order chi connectivity index (χ1) is 27.1. The minimum atomic E-state index is 0.530. The molecule has 0 unspecified atom stereocenters. The number of fused-ring (bicyclic) bond motifs is 5. The summed E-state index contributed by atoms with van der Waals surface area (Å²) in [7, 11) is 0. The normalized spacial score (nSPS) is 12.6. The SMILES string of the molecule is C=C/C(c1nc(-c2ccccc2)nc(-c2ccc3ccccc3c2)n1)=c1\c(=C/C)oc2ccc(-c3cccc4sc5ccc(-c6ccccc6)cc5c34)cc12. The number of aromatic nitrogens is 3. The second kappa shape index (κ2) is 13.5. The number of nitrogens with zero attached hydrogens (tertiary/aromatic N) is 3. The lowest BCUT2D eigenvalue weighted by molar-refractivity contribution is 0.574. The fourth-order valence-electron chi connectivity index (χ4n) is 7.62. The summed E-state index contributed by atoms with van der Waals surface area (Å²) in [6.45, 7) is 6.31. The van der Waals surface area contributed by atoms with Crippen LogP contribution in [0.1, 0.15) is 12.7 Å². The van der Waals surface area contributed by atoms with Crippen LogP contribution in [0.3, 0.4) is 0 Å². The minimum Gasteiger partial charge on any atom is -0.456 e. The van der Waals surface area contributed by atoms with Crippen LogP contribution in [-0.4, -0.2) is 15.0 Å². The van der Waals surface area contributed by atoms with Gasteiger partial charge in [0.25, 0.3) is 0 Å². The van der Waals surface area contributed by atoms with E-state index in [0.717, 1.165) is 54.6 Å². The Hall–Kier alpha value is -6.95. The lowest BCUT2D eigenvalue weighted by atomic mass is 9.96. The summed E-state index contributed by atoms with van der Waals surface area (Å²) in [4.78, 5) is 15.3. The summed E-state index contributed by atoms with van der Waals surface area (Å²) < 4.78 is 9.06. The average molecular weight is 724 g/mol. The van der Waals surface area contributed by atoms with Gasteiger partial charge in [-0.2, -0.15) is 0 Å². The summed E-state index contributed by atoms with van der Waals surface area (Å²) in [6.07, 6.45) is 3.84. The second-order valence-corrected chi connectivity index (χ2v) is 14.6. The number of furan rings is 1. The highest BCUT2D eigenvalue weighted by Gasteiger charge is 2.18. The Morgan fingerprint density at radius 3 is 2.04 bits per heavy atom. The van der Waals surface area contributed by atoms with Crippen LogP contribution in [0.25, 0.3) is 98.6 Å². The van der Waals surface area contributed by atoms with Crippen LogP contribution in [0.2, 0.25) is 0 Å². The zero-order valence-corrected chi connectivity index (χ0v) is 30.8. The Labute approximate surface area is 321 Å². The number of hydrogen-bond acceptors (Lipinski definition) is 5. The molecule has 0 bridgehead atoms. The van der Waals surface area contributed by atoms with Crippen LogP contribution >= 0.6 is 11.3 Å². The standard InChI is InChI=1S/C50H33N3OS/c1-3-38(50-52-48(33-17-9-6-10-18-33)51-49(53-50)37-23-22-32-16-11-12-19-34(32)28-37)46-40-30-36(24-26-43(40)54-42(46)4-2)39-20-13-21-45-47(39)41-29-35(25-27-44(41)55-45)31-14-7-5-8-15-31/h3-30H,1H2,2H3/b42-4+,46-38+. The smallest absolute Gasteiger partial charge is 0.164 e. The van der Waals surface area contributed by atoms with Gasteiger partial charge in [-0.25, -0.2) is 15.0 Å². The summed E-state index contributed by atoms with van der Waals surface area (Å²) >= 11 is 1.83. The third-order valence-corrected chi connectivity index (χ3v) is 11.4. The van der Waals surface area contributed by atoms with Crippen molar-refractivity contribution >= 4 is 64.9 Å². The lowest BCUT2D eigenvalue weighted by Crippen LogP contribution is -2.24. The van der Waals surface area contributed by atoms with E-state index >= 15 is 0 Å². The molecule has 0 N–H and O–H groups in total. The van der Waals surface area contributed by atoms with E-state index in [1.807, 2.05) is 66.8 Å². The predicted octanol–water partition coefficient (Wildman–Crippen LogP) is 12.0. The first-order valence-electron chi connectivity index (χ1n) is 18.3. The zero-order valence-electron chi connectivity index (χ0n) is 30.0. The molecule has 0 saturated heterocycles. The monoisotopic (exact) mass is 723 g/mol. The third kappa shape index (κ3) is 5.73. The van der Waals surface area contributed by atoms with Crippen molar-refractivity contribution < 1.29 is 4.42 Å². The van der Waals surface area contributed by atoms with Gasteiger partial charge in [-0.05, 0) is 82.4 Å². The molecule has 0 saturated carbocycles. The molecule has 0 aliphatic heterocycles. The Bertz CT molecular complexity index is 3230. The first kappa shape index (κ1) is 32.7.